The fraction of sp³-hybridized carbons (Fsp3) is 0.423. The molecule has 2 aromatic heterocycles. The van der Waals surface area contributed by atoms with Crippen LogP contribution in [0.4, 0.5) is 4.39 Å². The number of amides is 1. The Bertz CT molecular complexity index is 1100. The number of nitrogens with zero attached hydrogens (tertiary/aromatic N) is 3. The molecule has 4 heterocycles. The Kier molecular flexibility index (Phi) is 6.22. The third-order valence-electron chi connectivity index (χ3n) is 7.16. The summed E-state index contributed by atoms with van der Waals surface area (Å²) in [6.45, 7) is 3.49. The summed E-state index contributed by atoms with van der Waals surface area (Å²) in [5.41, 5.74) is 2.16. The topological polar surface area (TPSA) is 69.3 Å². The molecule has 0 aliphatic carbocycles. The van der Waals surface area contributed by atoms with Gasteiger partial charge < -0.3 is 14.8 Å². The van der Waals surface area contributed by atoms with Gasteiger partial charge in [-0.25, -0.2) is 4.39 Å². The van der Waals surface area contributed by atoms with Gasteiger partial charge in [-0.2, -0.15) is 0 Å². The molecule has 0 radical (unpaired) electrons. The number of halogens is 1. The Morgan fingerprint density at radius 1 is 1.06 bits per heavy atom. The Morgan fingerprint density at radius 3 is 2.61 bits per heavy atom. The SMILES string of the molecule is O=C(c1ccc(F)cc1)C1CCN(CCC2CCCN2C(=O)c2cc3cnccc3[nH]2)CC1. The van der Waals surface area contributed by atoms with E-state index in [4.69, 9.17) is 0 Å². The van der Waals surface area contributed by atoms with Gasteiger partial charge in [-0.05, 0) is 81.6 Å². The fourth-order valence-electron chi connectivity index (χ4n) is 5.25. The van der Waals surface area contributed by atoms with Gasteiger partial charge in [0, 0.05) is 53.9 Å². The third kappa shape index (κ3) is 4.69. The van der Waals surface area contributed by atoms with E-state index in [9.17, 15) is 14.0 Å². The molecule has 0 spiro atoms. The highest BCUT2D eigenvalue weighted by Crippen LogP contribution is 2.26. The average Bonchev–Trinajstić information content (AvgIpc) is 3.50. The normalized spacial score (nSPS) is 19.9. The van der Waals surface area contributed by atoms with Crippen molar-refractivity contribution in [3.05, 3.63) is 65.9 Å². The number of likely N-dealkylation sites (tertiary alicyclic amines) is 2. The number of hydrogen-bond acceptors (Lipinski definition) is 4. The van der Waals surface area contributed by atoms with E-state index in [-0.39, 0.29) is 29.5 Å². The Morgan fingerprint density at radius 2 is 1.85 bits per heavy atom. The number of benzene rings is 1. The summed E-state index contributed by atoms with van der Waals surface area (Å²) < 4.78 is 13.1. The van der Waals surface area contributed by atoms with Crippen LogP contribution < -0.4 is 0 Å². The lowest BCUT2D eigenvalue weighted by Gasteiger charge is -2.33. The number of ketones is 1. The van der Waals surface area contributed by atoms with E-state index in [1.165, 1.54) is 12.1 Å². The van der Waals surface area contributed by atoms with E-state index in [1.54, 1.807) is 24.5 Å². The van der Waals surface area contributed by atoms with E-state index in [2.05, 4.69) is 14.9 Å². The number of carbonyl (C=O) groups is 2. The largest absolute Gasteiger partial charge is 0.350 e. The monoisotopic (exact) mass is 448 g/mol. The molecular formula is C26H29FN4O2. The molecule has 2 aliphatic rings. The van der Waals surface area contributed by atoms with E-state index in [0.29, 0.717) is 11.3 Å². The predicted molar refractivity (Wildman–Crippen MR) is 125 cm³/mol. The van der Waals surface area contributed by atoms with Crippen molar-refractivity contribution in [1.82, 2.24) is 19.8 Å². The van der Waals surface area contributed by atoms with Gasteiger partial charge in [0.1, 0.15) is 11.5 Å². The molecule has 1 amide bonds. The van der Waals surface area contributed by atoms with Crippen molar-refractivity contribution in [3.8, 4) is 0 Å². The molecule has 0 saturated carbocycles. The van der Waals surface area contributed by atoms with Gasteiger partial charge in [-0.3, -0.25) is 14.6 Å². The molecule has 2 fully saturated rings. The molecule has 7 heteroatoms. The van der Waals surface area contributed by atoms with Crippen LogP contribution in [0.1, 0.15) is 53.0 Å². The Hall–Kier alpha value is -3.06. The summed E-state index contributed by atoms with van der Waals surface area (Å²) in [6.07, 6.45) is 8.17. The Labute approximate surface area is 192 Å². The molecule has 5 rings (SSSR count). The van der Waals surface area contributed by atoms with E-state index in [1.807, 2.05) is 17.0 Å². The van der Waals surface area contributed by atoms with Crippen LogP contribution in [0.25, 0.3) is 10.9 Å². The standard InChI is InChI=1S/C26H29FN4O2/c27-21-5-3-18(4-6-21)25(32)19-8-13-30(14-9-19)15-10-22-2-1-12-31(22)26(33)24-16-20-17-28-11-7-23(20)29-24/h3-7,11,16-17,19,22,29H,1-2,8-10,12-15H2. The summed E-state index contributed by atoms with van der Waals surface area (Å²) in [4.78, 5) is 37.7. The molecule has 1 unspecified atom stereocenters. The fourth-order valence-corrected chi connectivity index (χ4v) is 5.25. The lowest BCUT2D eigenvalue weighted by molar-refractivity contribution is 0.0700. The van der Waals surface area contributed by atoms with Crippen molar-refractivity contribution < 1.29 is 14.0 Å². The second-order valence-corrected chi connectivity index (χ2v) is 9.22. The van der Waals surface area contributed by atoms with Gasteiger partial charge in [-0.1, -0.05) is 0 Å². The van der Waals surface area contributed by atoms with Crippen molar-refractivity contribution in [2.24, 2.45) is 5.92 Å². The molecule has 1 aromatic carbocycles. The van der Waals surface area contributed by atoms with Crippen LogP contribution in [-0.2, 0) is 0 Å². The number of Topliss-reactive ketones (excluding diaryl/α,β-unsaturated/α-hetero) is 1. The van der Waals surface area contributed by atoms with Gasteiger partial charge in [0.15, 0.2) is 5.78 Å². The Balaban J connectivity index is 1.13. The highest BCUT2D eigenvalue weighted by atomic mass is 19.1. The third-order valence-corrected chi connectivity index (χ3v) is 7.16. The number of aromatic amines is 1. The lowest BCUT2D eigenvalue weighted by atomic mass is 9.88. The van der Waals surface area contributed by atoms with Crippen LogP contribution >= 0.6 is 0 Å². The summed E-state index contributed by atoms with van der Waals surface area (Å²) in [5.74, 6) is -0.122. The minimum Gasteiger partial charge on any atom is -0.350 e. The molecule has 172 valence electrons. The molecule has 2 aliphatic heterocycles. The second kappa shape index (κ2) is 9.43. The number of hydrogen-bond donors (Lipinski definition) is 1. The van der Waals surface area contributed by atoms with E-state index < -0.39 is 0 Å². The molecule has 6 nitrogen and oxygen atoms in total. The van der Waals surface area contributed by atoms with Gasteiger partial charge in [0.25, 0.3) is 5.91 Å². The number of rotatable bonds is 6. The maximum atomic E-state index is 13.2. The summed E-state index contributed by atoms with van der Waals surface area (Å²) in [6, 6.07) is 9.90. The zero-order chi connectivity index (χ0) is 22.8. The van der Waals surface area contributed by atoms with E-state index >= 15 is 0 Å². The van der Waals surface area contributed by atoms with Crippen molar-refractivity contribution in [3.63, 3.8) is 0 Å². The zero-order valence-corrected chi connectivity index (χ0v) is 18.7. The molecular weight excluding hydrogens is 419 g/mol. The summed E-state index contributed by atoms with van der Waals surface area (Å²) in [5, 5.41) is 0.953. The average molecular weight is 449 g/mol. The quantitative estimate of drug-likeness (QED) is 0.571. The number of carbonyl (C=O) groups excluding carboxylic acids is 2. The van der Waals surface area contributed by atoms with Crippen molar-refractivity contribution in [2.45, 2.75) is 38.1 Å². The first kappa shape index (κ1) is 21.8. The van der Waals surface area contributed by atoms with Crippen LogP contribution in [0.2, 0.25) is 0 Å². The predicted octanol–water partition coefficient (Wildman–Crippen LogP) is 4.29. The molecule has 3 aromatic rings. The van der Waals surface area contributed by atoms with Crippen LogP contribution in [0.15, 0.2) is 48.8 Å². The molecule has 33 heavy (non-hydrogen) atoms. The summed E-state index contributed by atoms with van der Waals surface area (Å²) in [7, 11) is 0. The van der Waals surface area contributed by atoms with Crippen LogP contribution in [0.5, 0.6) is 0 Å². The smallest absolute Gasteiger partial charge is 0.270 e. The second-order valence-electron chi connectivity index (χ2n) is 9.22. The lowest BCUT2D eigenvalue weighted by Crippen LogP contribution is -2.41. The van der Waals surface area contributed by atoms with Crippen molar-refractivity contribution in [1.29, 1.82) is 0 Å². The van der Waals surface area contributed by atoms with Gasteiger partial charge in [0.2, 0.25) is 0 Å². The van der Waals surface area contributed by atoms with Crippen molar-refractivity contribution in [2.75, 3.05) is 26.2 Å². The highest BCUT2D eigenvalue weighted by molar-refractivity contribution is 5.98. The maximum Gasteiger partial charge on any atom is 0.270 e. The number of pyridine rings is 1. The van der Waals surface area contributed by atoms with Gasteiger partial charge in [-0.15, -0.1) is 0 Å². The molecule has 1 N–H and O–H groups in total. The van der Waals surface area contributed by atoms with Crippen LogP contribution in [0.3, 0.4) is 0 Å². The van der Waals surface area contributed by atoms with Crippen LogP contribution in [0, 0.1) is 11.7 Å². The maximum absolute atomic E-state index is 13.2. The number of aromatic nitrogens is 2. The highest BCUT2D eigenvalue weighted by Gasteiger charge is 2.31. The van der Waals surface area contributed by atoms with Gasteiger partial charge in [0.05, 0.1) is 0 Å². The molecule has 0 bridgehead atoms. The molecule has 2 saturated heterocycles. The number of piperidine rings is 1. The van der Waals surface area contributed by atoms with E-state index in [0.717, 1.165) is 69.2 Å². The minimum atomic E-state index is -0.317. The van der Waals surface area contributed by atoms with Crippen molar-refractivity contribution >= 4 is 22.6 Å². The number of H-pyrrole nitrogens is 1. The minimum absolute atomic E-state index is 0.00719. The number of nitrogens with one attached hydrogen (secondary N) is 1. The summed E-state index contributed by atoms with van der Waals surface area (Å²) >= 11 is 0. The zero-order valence-electron chi connectivity index (χ0n) is 18.7. The first-order valence-corrected chi connectivity index (χ1v) is 11.8. The molecule has 1 atom stereocenters. The first-order chi connectivity index (χ1) is 16.1. The van der Waals surface area contributed by atoms with Gasteiger partial charge >= 0.3 is 0 Å². The number of fused-ring (bicyclic) bond motifs is 1. The first-order valence-electron chi connectivity index (χ1n) is 11.8. The van der Waals surface area contributed by atoms with Crippen LogP contribution in [-0.4, -0.2) is 63.7 Å².